The second kappa shape index (κ2) is 7.02. The first kappa shape index (κ1) is 17.3. The van der Waals surface area contributed by atoms with Crippen LogP contribution in [-0.2, 0) is 11.9 Å². The average molecular weight is 356 g/mol. The van der Waals surface area contributed by atoms with Crippen molar-refractivity contribution in [3.05, 3.63) is 45.1 Å². The molecule has 0 fully saturated rings. The van der Waals surface area contributed by atoms with E-state index in [1.54, 1.807) is 19.9 Å². The maximum atomic E-state index is 12.6. The highest BCUT2D eigenvalue weighted by Crippen LogP contribution is 2.31. The Balaban J connectivity index is 2.53. The third kappa shape index (κ3) is 3.33. The van der Waals surface area contributed by atoms with E-state index < -0.39 is 5.78 Å². The van der Waals surface area contributed by atoms with Crippen molar-refractivity contribution >= 4 is 34.7 Å². The van der Waals surface area contributed by atoms with Gasteiger partial charge in [0, 0.05) is 18.2 Å². The summed E-state index contributed by atoms with van der Waals surface area (Å²) >= 11 is 12.5. The fraction of sp³-hybridized carbons (Fsp3) is 0.267. The van der Waals surface area contributed by atoms with Gasteiger partial charge in [-0.3, -0.25) is 4.79 Å². The number of oxime groups is 1. The Bertz CT molecular complexity index is 785. The predicted octanol–water partition coefficient (Wildman–Crippen LogP) is 3.42. The van der Waals surface area contributed by atoms with E-state index in [0.717, 1.165) is 0 Å². The van der Waals surface area contributed by atoms with Crippen molar-refractivity contribution in [3.8, 4) is 5.88 Å². The minimum atomic E-state index is -0.456. The van der Waals surface area contributed by atoms with Crippen LogP contribution in [0.5, 0.6) is 5.88 Å². The lowest BCUT2D eigenvalue weighted by atomic mass is 10.0. The van der Waals surface area contributed by atoms with Crippen LogP contribution in [0.3, 0.4) is 0 Å². The van der Waals surface area contributed by atoms with Crippen molar-refractivity contribution in [1.29, 1.82) is 0 Å². The number of halogens is 2. The Hall–Kier alpha value is -2.05. The zero-order valence-electron chi connectivity index (χ0n) is 12.8. The third-order valence-corrected chi connectivity index (χ3v) is 3.89. The van der Waals surface area contributed by atoms with Crippen LogP contribution < -0.4 is 0 Å². The molecule has 0 saturated carbocycles. The second-order valence-corrected chi connectivity index (χ2v) is 5.50. The predicted molar refractivity (Wildman–Crippen MR) is 88.6 cm³/mol. The maximum Gasteiger partial charge on any atom is 0.220 e. The lowest BCUT2D eigenvalue weighted by molar-refractivity contribution is 0.103. The molecule has 122 valence electrons. The van der Waals surface area contributed by atoms with E-state index in [9.17, 15) is 9.90 Å². The molecule has 0 spiro atoms. The molecule has 1 heterocycles. The van der Waals surface area contributed by atoms with E-state index in [4.69, 9.17) is 28.0 Å². The number of hydrogen-bond donors (Lipinski definition) is 1. The van der Waals surface area contributed by atoms with Gasteiger partial charge in [0.25, 0.3) is 0 Å². The SMILES string of the molecule is CCO/N=C(/C)c1c(Cl)ccc(C(=O)c2cnn(C)c2O)c1Cl. The normalized spacial score (nSPS) is 11.6. The van der Waals surface area contributed by atoms with Crippen LogP contribution in [0, 0.1) is 0 Å². The summed E-state index contributed by atoms with van der Waals surface area (Å²) in [6.07, 6.45) is 1.28. The summed E-state index contributed by atoms with van der Waals surface area (Å²) in [7, 11) is 1.53. The minimum absolute atomic E-state index is 0.0575. The summed E-state index contributed by atoms with van der Waals surface area (Å²) in [5.41, 5.74) is 1.12. The molecule has 1 N–H and O–H groups in total. The van der Waals surface area contributed by atoms with Gasteiger partial charge in [0.15, 0.2) is 0 Å². The van der Waals surface area contributed by atoms with Gasteiger partial charge in [0.2, 0.25) is 11.7 Å². The molecule has 0 aliphatic carbocycles. The van der Waals surface area contributed by atoms with E-state index in [1.165, 1.54) is 24.0 Å². The summed E-state index contributed by atoms with van der Waals surface area (Å²) in [5, 5.41) is 18.1. The molecule has 2 rings (SSSR count). The molecule has 0 aliphatic rings. The van der Waals surface area contributed by atoms with Crippen molar-refractivity contribution in [2.45, 2.75) is 13.8 Å². The first-order valence-electron chi connectivity index (χ1n) is 6.79. The van der Waals surface area contributed by atoms with E-state index in [1.807, 2.05) is 0 Å². The quantitative estimate of drug-likeness (QED) is 0.506. The number of carbonyl (C=O) groups is 1. The number of ketones is 1. The molecule has 23 heavy (non-hydrogen) atoms. The number of carbonyl (C=O) groups excluding carboxylic acids is 1. The molecule has 0 unspecified atom stereocenters. The largest absolute Gasteiger partial charge is 0.493 e. The number of aryl methyl sites for hydroxylation is 1. The lowest BCUT2D eigenvalue weighted by Crippen LogP contribution is -2.07. The zero-order chi connectivity index (χ0) is 17.1. The van der Waals surface area contributed by atoms with Gasteiger partial charge < -0.3 is 9.94 Å². The van der Waals surface area contributed by atoms with Crippen LogP contribution in [0.25, 0.3) is 0 Å². The van der Waals surface area contributed by atoms with E-state index in [0.29, 0.717) is 22.9 Å². The van der Waals surface area contributed by atoms with Crippen molar-refractivity contribution < 1.29 is 14.7 Å². The number of aromatic hydroxyl groups is 1. The topological polar surface area (TPSA) is 76.7 Å². The van der Waals surface area contributed by atoms with Gasteiger partial charge in [0.1, 0.15) is 12.2 Å². The third-order valence-electron chi connectivity index (χ3n) is 3.18. The van der Waals surface area contributed by atoms with Crippen LogP contribution in [0.2, 0.25) is 10.0 Å². The molecule has 0 saturated heterocycles. The average Bonchev–Trinajstić information content (AvgIpc) is 2.84. The van der Waals surface area contributed by atoms with Gasteiger partial charge in [-0.2, -0.15) is 5.10 Å². The monoisotopic (exact) mass is 355 g/mol. The van der Waals surface area contributed by atoms with Crippen molar-refractivity contribution in [3.63, 3.8) is 0 Å². The molecule has 1 aromatic carbocycles. The highest BCUT2D eigenvalue weighted by Gasteiger charge is 2.23. The molecule has 0 aliphatic heterocycles. The molecular formula is C15H15Cl2N3O3. The van der Waals surface area contributed by atoms with E-state index in [-0.39, 0.29) is 22.0 Å². The van der Waals surface area contributed by atoms with Crippen LogP contribution in [0.1, 0.15) is 35.3 Å². The number of rotatable bonds is 5. The van der Waals surface area contributed by atoms with Gasteiger partial charge in [-0.05, 0) is 26.0 Å². The Labute approximate surface area is 143 Å². The van der Waals surface area contributed by atoms with Gasteiger partial charge >= 0.3 is 0 Å². The van der Waals surface area contributed by atoms with Gasteiger partial charge in [-0.25, -0.2) is 4.68 Å². The fourth-order valence-electron chi connectivity index (χ4n) is 2.00. The first-order chi connectivity index (χ1) is 10.9. The summed E-state index contributed by atoms with van der Waals surface area (Å²) < 4.78 is 1.19. The molecule has 2 aromatic rings. The maximum absolute atomic E-state index is 12.6. The fourth-order valence-corrected chi connectivity index (χ4v) is 2.73. The van der Waals surface area contributed by atoms with Crippen LogP contribution >= 0.6 is 23.2 Å². The van der Waals surface area contributed by atoms with E-state index in [2.05, 4.69) is 10.3 Å². The Morgan fingerprint density at radius 3 is 2.65 bits per heavy atom. The van der Waals surface area contributed by atoms with Crippen LogP contribution in [-0.4, -0.2) is 33.0 Å². The zero-order valence-corrected chi connectivity index (χ0v) is 14.3. The molecule has 0 atom stereocenters. The van der Waals surface area contributed by atoms with Crippen LogP contribution in [0.15, 0.2) is 23.5 Å². The number of hydrogen-bond acceptors (Lipinski definition) is 5. The van der Waals surface area contributed by atoms with Crippen molar-refractivity contribution in [2.75, 3.05) is 6.61 Å². The van der Waals surface area contributed by atoms with Gasteiger partial charge in [-0.1, -0.05) is 28.4 Å². The molecule has 0 amide bonds. The Morgan fingerprint density at radius 2 is 2.09 bits per heavy atom. The molecular weight excluding hydrogens is 341 g/mol. The van der Waals surface area contributed by atoms with Gasteiger partial charge in [0.05, 0.1) is 22.0 Å². The van der Waals surface area contributed by atoms with Crippen molar-refractivity contribution in [2.24, 2.45) is 12.2 Å². The molecule has 0 bridgehead atoms. The summed E-state index contributed by atoms with van der Waals surface area (Å²) in [4.78, 5) is 17.6. The lowest BCUT2D eigenvalue weighted by Gasteiger charge is -2.10. The smallest absolute Gasteiger partial charge is 0.220 e. The van der Waals surface area contributed by atoms with Gasteiger partial charge in [-0.15, -0.1) is 0 Å². The number of benzene rings is 1. The summed E-state index contributed by atoms with van der Waals surface area (Å²) in [6, 6.07) is 3.05. The van der Waals surface area contributed by atoms with Crippen LogP contribution in [0.4, 0.5) is 0 Å². The number of aromatic nitrogens is 2. The molecule has 1 aromatic heterocycles. The second-order valence-electron chi connectivity index (χ2n) is 4.71. The molecule has 6 nitrogen and oxygen atoms in total. The standard InChI is InChI=1S/C15H15Cl2N3O3/c1-4-23-19-8(2)12-11(16)6-5-9(13(12)17)14(21)10-7-18-20(3)15(10)22/h5-7,22H,4H2,1-3H3/b19-8-. The molecule has 0 radical (unpaired) electrons. The Kier molecular flexibility index (Phi) is 5.28. The Morgan fingerprint density at radius 1 is 1.39 bits per heavy atom. The van der Waals surface area contributed by atoms with Crippen molar-refractivity contribution in [1.82, 2.24) is 9.78 Å². The summed E-state index contributed by atoms with van der Waals surface area (Å²) in [6.45, 7) is 3.87. The molecule has 8 heteroatoms. The highest BCUT2D eigenvalue weighted by atomic mass is 35.5. The first-order valence-corrected chi connectivity index (χ1v) is 7.54. The minimum Gasteiger partial charge on any atom is -0.493 e. The number of nitrogens with zero attached hydrogens (tertiary/aromatic N) is 3. The highest BCUT2D eigenvalue weighted by molar-refractivity contribution is 6.42. The van der Waals surface area contributed by atoms with E-state index >= 15 is 0 Å². The summed E-state index contributed by atoms with van der Waals surface area (Å²) in [5.74, 6) is -0.690.